The fraction of sp³-hybridized carbons (Fsp3) is 0.385. The Labute approximate surface area is 116 Å². The first-order valence-electron chi connectivity index (χ1n) is 6.53. The van der Waals surface area contributed by atoms with Gasteiger partial charge < -0.3 is 15.2 Å². The van der Waals surface area contributed by atoms with E-state index in [2.05, 4.69) is 37.2 Å². The maximum atomic E-state index is 11.9. The summed E-state index contributed by atoms with van der Waals surface area (Å²) < 4.78 is 4.61. The van der Waals surface area contributed by atoms with Gasteiger partial charge in [-0.15, -0.1) is 0 Å². The monoisotopic (exact) mass is 275 g/mol. The van der Waals surface area contributed by atoms with Gasteiger partial charge in [-0.2, -0.15) is 4.98 Å². The van der Waals surface area contributed by atoms with E-state index in [1.54, 1.807) is 18.3 Å². The van der Waals surface area contributed by atoms with Crippen molar-refractivity contribution in [3.8, 4) is 0 Å². The van der Waals surface area contributed by atoms with E-state index < -0.39 is 0 Å². The summed E-state index contributed by atoms with van der Waals surface area (Å²) in [5, 5.41) is 9.60. The number of hydrogen-bond acceptors (Lipinski definition) is 6. The van der Waals surface area contributed by atoms with Crippen molar-refractivity contribution in [2.45, 2.75) is 19.8 Å². The molecule has 2 N–H and O–H groups in total. The number of carbonyl (C=O) groups is 1. The molecule has 7 heteroatoms. The molecule has 0 aliphatic carbocycles. The molecule has 0 saturated carbocycles. The Balaban J connectivity index is 1.79. The van der Waals surface area contributed by atoms with E-state index in [1.807, 2.05) is 0 Å². The quantitative estimate of drug-likeness (QED) is 0.790. The van der Waals surface area contributed by atoms with Crippen LogP contribution in [0.5, 0.6) is 0 Å². The lowest BCUT2D eigenvalue weighted by atomic mass is 10.2. The van der Waals surface area contributed by atoms with Crippen LogP contribution in [0.25, 0.3) is 0 Å². The molecule has 1 amide bonds. The Bertz CT molecular complexity index is 524. The fourth-order valence-corrected chi connectivity index (χ4v) is 1.58. The van der Waals surface area contributed by atoms with Crippen molar-refractivity contribution in [2.24, 2.45) is 0 Å². The third kappa shape index (κ3) is 4.04. The highest BCUT2D eigenvalue weighted by atomic mass is 16.5. The number of hydrogen-bond donors (Lipinski definition) is 2. The van der Waals surface area contributed by atoms with Gasteiger partial charge in [-0.3, -0.25) is 4.79 Å². The number of nitrogens with one attached hydrogen (secondary N) is 2. The van der Waals surface area contributed by atoms with Gasteiger partial charge >= 0.3 is 0 Å². The van der Waals surface area contributed by atoms with Crippen molar-refractivity contribution in [2.75, 3.05) is 18.4 Å². The van der Waals surface area contributed by atoms with Crippen molar-refractivity contribution in [1.29, 1.82) is 0 Å². The first kappa shape index (κ1) is 14.0. The van der Waals surface area contributed by atoms with Crippen molar-refractivity contribution < 1.29 is 9.32 Å². The van der Waals surface area contributed by atoms with Gasteiger partial charge in [0.15, 0.2) is 5.82 Å². The summed E-state index contributed by atoms with van der Waals surface area (Å²) in [6.45, 7) is 3.40. The third-order valence-corrected chi connectivity index (χ3v) is 2.62. The van der Waals surface area contributed by atoms with Gasteiger partial charge in [0.2, 0.25) is 6.39 Å². The van der Waals surface area contributed by atoms with Gasteiger partial charge in [0, 0.05) is 25.7 Å². The molecule has 2 aromatic heterocycles. The summed E-state index contributed by atoms with van der Waals surface area (Å²) in [6.07, 6.45) is 4.39. The Morgan fingerprint density at radius 3 is 2.85 bits per heavy atom. The van der Waals surface area contributed by atoms with Crippen molar-refractivity contribution in [3.63, 3.8) is 0 Å². The van der Waals surface area contributed by atoms with Gasteiger partial charge in [-0.25, -0.2) is 4.98 Å². The lowest BCUT2D eigenvalue weighted by Crippen LogP contribution is -2.26. The molecule has 20 heavy (non-hydrogen) atoms. The maximum Gasteiger partial charge on any atom is 0.252 e. The molecule has 0 atom stereocenters. The topological polar surface area (TPSA) is 92.9 Å². The number of amides is 1. The van der Waals surface area contributed by atoms with E-state index in [0.29, 0.717) is 24.4 Å². The summed E-state index contributed by atoms with van der Waals surface area (Å²) in [4.78, 5) is 19.9. The molecule has 0 aliphatic rings. The average molecular weight is 275 g/mol. The Morgan fingerprint density at radius 2 is 2.20 bits per heavy atom. The maximum absolute atomic E-state index is 11.9. The molecule has 0 aromatic carbocycles. The lowest BCUT2D eigenvalue weighted by molar-refractivity contribution is 0.0953. The van der Waals surface area contributed by atoms with Crippen LogP contribution in [0.3, 0.4) is 0 Å². The van der Waals surface area contributed by atoms with Crippen LogP contribution in [0.1, 0.15) is 29.5 Å². The average Bonchev–Trinajstić information content (AvgIpc) is 2.99. The van der Waals surface area contributed by atoms with Crippen LogP contribution in [0.4, 0.5) is 5.82 Å². The summed E-state index contributed by atoms with van der Waals surface area (Å²) in [5.74, 6) is 1.18. The van der Waals surface area contributed by atoms with E-state index in [-0.39, 0.29) is 5.91 Å². The van der Waals surface area contributed by atoms with Crippen molar-refractivity contribution >= 4 is 11.7 Å². The molecule has 0 fully saturated rings. The first-order chi connectivity index (χ1) is 9.79. The SMILES string of the molecule is CCCNc1ccc(C(=O)NCCc2ncon2)cn1. The van der Waals surface area contributed by atoms with Crippen LogP contribution in [0, 0.1) is 0 Å². The highest BCUT2D eigenvalue weighted by Crippen LogP contribution is 2.05. The minimum atomic E-state index is -0.164. The van der Waals surface area contributed by atoms with Crippen LogP contribution >= 0.6 is 0 Å². The van der Waals surface area contributed by atoms with Gasteiger partial charge in [0.1, 0.15) is 5.82 Å². The highest BCUT2D eigenvalue weighted by molar-refractivity contribution is 5.94. The van der Waals surface area contributed by atoms with Gasteiger partial charge in [0.25, 0.3) is 5.91 Å². The number of rotatable bonds is 7. The molecule has 0 saturated heterocycles. The third-order valence-electron chi connectivity index (χ3n) is 2.62. The molecule has 0 bridgehead atoms. The minimum absolute atomic E-state index is 0.164. The van der Waals surface area contributed by atoms with Crippen LogP contribution in [0.15, 0.2) is 29.2 Å². The molecule has 0 spiro atoms. The molecule has 7 nitrogen and oxygen atoms in total. The zero-order valence-corrected chi connectivity index (χ0v) is 11.3. The lowest BCUT2D eigenvalue weighted by Gasteiger charge is -2.06. The number of aromatic nitrogens is 3. The molecule has 0 aliphatic heterocycles. The zero-order valence-electron chi connectivity index (χ0n) is 11.3. The number of nitrogens with zero attached hydrogens (tertiary/aromatic N) is 3. The normalized spacial score (nSPS) is 10.2. The summed E-state index contributed by atoms with van der Waals surface area (Å²) in [7, 11) is 0. The highest BCUT2D eigenvalue weighted by Gasteiger charge is 2.06. The molecule has 106 valence electrons. The summed E-state index contributed by atoms with van der Waals surface area (Å²) in [5.41, 5.74) is 0.528. The summed E-state index contributed by atoms with van der Waals surface area (Å²) in [6, 6.07) is 3.54. The second-order valence-corrected chi connectivity index (χ2v) is 4.21. The number of carbonyl (C=O) groups excluding carboxylic acids is 1. The number of anilines is 1. The van der Waals surface area contributed by atoms with Gasteiger partial charge in [-0.05, 0) is 18.6 Å². The molecule has 2 heterocycles. The van der Waals surface area contributed by atoms with Gasteiger partial charge in [0.05, 0.1) is 5.56 Å². The molecular weight excluding hydrogens is 258 g/mol. The van der Waals surface area contributed by atoms with E-state index in [1.165, 1.54) is 6.39 Å². The predicted molar refractivity (Wildman–Crippen MR) is 73.4 cm³/mol. The largest absolute Gasteiger partial charge is 0.370 e. The Hall–Kier alpha value is -2.44. The fourth-order valence-electron chi connectivity index (χ4n) is 1.58. The van der Waals surface area contributed by atoms with E-state index in [0.717, 1.165) is 18.8 Å². The number of pyridine rings is 1. The smallest absolute Gasteiger partial charge is 0.252 e. The van der Waals surface area contributed by atoms with E-state index in [9.17, 15) is 4.79 Å². The molecule has 2 aromatic rings. The minimum Gasteiger partial charge on any atom is -0.370 e. The second-order valence-electron chi connectivity index (χ2n) is 4.21. The van der Waals surface area contributed by atoms with Crippen molar-refractivity contribution in [3.05, 3.63) is 36.1 Å². The van der Waals surface area contributed by atoms with Gasteiger partial charge in [-0.1, -0.05) is 12.1 Å². The van der Waals surface area contributed by atoms with E-state index in [4.69, 9.17) is 0 Å². The van der Waals surface area contributed by atoms with Crippen LogP contribution in [-0.2, 0) is 6.42 Å². The Morgan fingerprint density at radius 1 is 1.30 bits per heavy atom. The molecular formula is C13H17N5O2. The summed E-state index contributed by atoms with van der Waals surface area (Å²) >= 11 is 0. The van der Waals surface area contributed by atoms with Crippen LogP contribution in [-0.4, -0.2) is 34.1 Å². The molecule has 0 radical (unpaired) electrons. The van der Waals surface area contributed by atoms with E-state index >= 15 is 0 Å². The Kier molecular flexibility index (Phi) is 5.05. The molecule has 0 unspecified atom stereocenters. The standard InChI is InChI=1S/C13H17N5O2/c1-2-6-14-11-4-3-10(8-16-11)13(19)15-7-5-12-17-9-20-18-12/h3-4,8-9H,2,5-7H2,1H3,(H,14,16)(H,15,19). The molecule has 2 rings (SSSR count). The second kappa shape index (κ2) is 7.22. The van der Waals surface area contributed by atoms with Crippen LogP contribution in [0.2, 0.25) is 0 Å². The predicted octanol–water partition coefficient (Wildman–Crippen LogP) is 1.26. The van der Waals surface area contributed by atoms with Crippen LogP contribution < -0.4 is 10.6 Å². The first-order valence-corrected chi connectivity index (χ1v) is 6.53. The van der Waals surface area contributed by atoms with Crippen molar-refractivity contribution in [1.82, 2.24) is 20.4 Å². The zero-order chi connectivity index (χ0) is 14.2.